The van der Waals surface area contributed by atoms with E-state index in [0.717, 1.165) is 18.6 Å². The SMILES string of the molecule is CCCCCCOc1c(Cl)cc(C(=O)Nc2ccc(OCC)cc2)cc1Cl. The van der Waals surface area contributed by atoms with Crippen LogP contribution in [-0.2, 0) is 0 Å². The summed E-state index contributed by atoms with van der Waals surface area (Å²) in [4.78, 5) is 12.5. The second kappa shape index (κ2) is 11.1. The predicted molar refractivity (Wildman–Crippen MR) is 112 cm³/mol. The van der Waals surface area contributed by atoms with E-state index >= 15 is 0 Å². The van der Waals surface area contributed by atoms with Crippen LogP contribution in [0.25, 0.3) is 0 Å². The third-order valence-corrected chi connectivity index (χ3v) is 4.49. The minimum Gasteiger partial charge on any atom is -0.494 e. The van der Waals surface area contributed by atoms with Gasteiger partial charge in [0.25, 0.3) is 5.91 Å². The van der Waals surface area contributed by atoms with Gasteiger partial charge in [-0.1, -0.05) is 49.4 Å². The Balaban J connectivity index is 2.00. The van der Waals surface area contributed by atoms with Gasteiger partial charge in [-0.15, -0.1) is 0 Å². The van der Waals surface area contributed by atoms with Crippen LogP contribution < -0.4 is 14.8 Å². The van der Waals surface area contributed by atoms with Crippen LogP contribution in [0.3, 0.4) is 0 Å². The van der Waals surface area contributed by atoms with Crippen molar-refractivity contribution in [3.8, 4) is 11.5 Å². The Labute approximate surface area is 170 Å². The number of benzene rings is 2. The van der Waals surface area contributed by atoms with E-state index in [1.54, 1.807) is 36.4 Å². The average molecular weight is 410 g/mol. The zero-order valence-corrected chi connectivity index (χ0v) is 17.2. The van der Waals surface area contributed by atoms with Gasteiger partial charge < -0.3 is 14.8 Å². The van der Waals surface area contributed by atoms with Gasteiger partial charge in [-0.05, 0) is 49.7 Å². The van der Waals surface area contributed by atoms with Crippen molar-refractivity contribution in [1.29, 1.82) is 0 Å². The molecule has 1 N–H and O–H groups in total. The molecule has 0 saturated carbocycles. The van der Waals surface area contributed by atoms with E-state index < -0.39 is 0 Å². The molecular weight excluding hydrogens is 385 g/mol. The molecule has 0 spiro atoms. The Hall–Kier alpha value is -1.91. The Bertz CT molecular complexity index is 725. The molecule has 0 aliphatic carbocycles. The maximum Gasteiger partial charge on any atom is 0.255 e. The van der Waals surface area contributed by atoms with Crippen LogP contribution in [-0.4, -0.2) is 19.1 Å². The second-order valence-electron chi connectivity index (χ2n) is 6.09. The predicted octanol–water partition coefficient (Wildman–Crippen LogP) is 6.60. The van der Waals surface area contributed by atoms with E-state index in [-0.39, 0.29) is 5.91 Å². The monoisotopic (exact) mass is 409 g/mol. The fourth-order valence-electron chi connectivity index (χ4n) is 2.54. The zero-order chi connectivity index (χ0) is 19.6. The third-order valence-electron chi connectivity index (χ3n) is 3.93. The standard InChI is InChI=1S/C21H25Cl2NO3/c1-3-5-6-7-12-27-20-18(22)13-15(14-19(20)23)21(25)24-16-8-10-17(11-9-16)26-4-2/h8-11,13-14H,3-7,12H2,1-2H3,(H,24,25). The highest BCUT2D eigenvalue weighted by Crippen LogP contribution is 2.34. The first kappa shape index (κ1) is 21.4. The van der Waals surface area contributed by atoms with Gasteiger partial charge in [0.15, 0.2) is 5.75 Å². The smallest absolute Gasteiger partial charge is 0.255 e. The molecule has 0 radical (unpaired) electrons. The highest BCUT2D eigenvalue weighted by Gasteiger charge is 2.14. The molecule has 2 aromatic rings. The summed E-state index contributed by atoms with van der Waals surface area (Å²) in [7, 11) is 0. The summed E-state index contributed by atoms with van der Waals surface area (Å²) in [5.74, 6) is 0.881. The first-order valence-electron chi connectivity index (χ1n) is 9.21. The molecule has 0 heterocycles. The van der Waals surface area contributed by atoms with E-state index in [1.807, 2.05) is 6.92 Å². The normalized spacial score (nSPS) is 10.5. The van der Waals surface area contributed by atoms with E-state index in [2.05, 4.69) is 12.2 Å². The number of hydrogen-bond donors (Lipinski definition) is 1. The second-order valence-corrected chi connectivity index (χ2v) is 6.90. The van der Waals surface area contributed by atoms with Crippen LogP contribution in [0.5, 0.6) is 11.5 Å². The van der Waals surface area contributed by atoms with E-state index in [4.69, 9.17) is 32.7 Å². The number of carbonyl (C=O) groups is 1. The fourth-order valence-corrected chi connectivity index (χ4v) is 3.13. The number of amides is 1. The van der Waals surface area contributed by atoms with Crippen LogP contribution in [0.2, 0.25) is 10.0 Å². The topological polar surface area (TPSA) is 47.6 Å². The molecular formula is C21H25Cl2NO3. The van der Waals surface area contributed by atoms with Crippen molar-refractivity contribution in [3.05, 3.63) is 52.0 Å². The Morgan fingerprint density at radius 3 is 2.22 bits per heavy atom. The van der Waals surface area contributed by atoms with Crippen LogP contribution in [0.4, 0.5) is 5.69 Å². The Morgan fingerprint density at radius 1 is 0.963 bits per heavy atom. The van der Waals surface area contributed by atoms with Gasteiger partial charge in [-0.25, -0.2) is 0 Å². The van der Waals surface area contributed by atoms with Crippen molar-refractivity contribution >= 4 is 34.8 Å². The van der Waals surface area contributed by atoms with Gasteiger partial charge in [0.2, 0.25) is 0 Å². The lowest BCUT2D eigenvalue weighted by atomic mass is 10.2. The summed E-state index contributed by atoms with van der Waals surface area (Å²) >= 11 is 12.5. The van der Waals surface area contributed by atoms with Gasteiger partial charge in [-0.3, -0.25) is 4.79 Å². The maximum atomic E-state index is 12.5. The van der Waals surface area contributed by atoms with Gasteiger partial charge in [0, 0.05) is 11.3 Å². The van der Waals surface area contributed by atoms with Crippen molar-refractivity contribution in [3.63, 3.8) is 0 Å². The molecule has 146 valence electrons. The van der Waals surface area contributed by atoms with E-state index in [1.165, 1.54) is 12.8 Å². The van der Waals surface area contributed by atoms with Crippen molar-refractivity contribution in [1.82, 2.24) is 0 Å². The number of rotatable bonds is 10. The number of halogens is 2. The van der Waals surface area contributed by atoms with Crippen LogP contribution in [0, 0.1) is 0 Å². The number of anilines is 1. The summed E-state index contributed by atoms with van der Waals surface area (Å²) in [5.41, 5.74) is 1.03. The molecule has 0 aliphatic heterocycles. The molecule has 2 aromatic carbocycles. The number of unbranched alkanes of at least 4 members (excludes halogenated alkanes) is 3. The fraction of sp³-hybridized carbons (Fsp3) is 0.381. The van der Waals surface area contributed by atoms with Gasteiger partial charge in [-0.2, -0.15) is 0 Å². The molecule has 0 saturated heterocycles. The molecule has 0 unspecified atom stereocenters. The molecule has 0 aliphatic rings. The Kier molecular flexibility index (Phi) is 8.76. The van der Waals surface area contributed by atoms with Crippen molar-refractivity contribution < 1.29 is 14.3 Å². The minimum absolute atomic E-state index is 0.294. The van der Waals surface area contributed by atoms with Crippen molar-refractivity contribution in [2.45, 2.75) is 39.5 Å². The molecule has 1 amide bonds. The van der Waals surface area contributed by atoms with Crippen molar-refractivity contribution in [2.24, 2.45) is 0 Å². The number of nitrogens with one attached hydrogen (secondary N) is 1. The number of hydrogen-bond acceptors (Lipinski definition) is 3. The lowest BCUT2D eigenvalue weighted by Crippen LogP contribution is -2.12. The number of ether oxygens (including phenoxy) is 2. The largest absolute Gasteiger partial charge is 0.494 e. The molecule has 4 nitrogen and oxygen atoms in total. The van der Waals surface area contributed by atoms with Gasteiger partial charge >= 0.3 is 0 Å². The average Bonchev–Trinajstić information content (AvgIpc) is 2.65. The van der Waals surface area contributed by atoms with Gasteiger partial charge in [0.1, 0.15) is 5.75 Å². The Morgan fingerprint density at radius 2 is 1.63 bits per heavy atom. The van der Waals surface area contributed by atoms with Crippen LogP contribution in [0.15, 0.2) is 36.4 Å². The first-order chi connectivity index (χ1) is 13.0. The lowest BCUT2D eigenvalue weighted by molar-refractivity contribution is 0.102. The molecule has 6 heteroatoms. The van der Waals surface area contributed by atoms with E-state index in [0.29, 0.717) is 40.3 Å². The summed E-state index contributed by atoms with van der Waals surface area (Å²) < 4.78 is 11.1. The molecule has 27 heavy (non-hydrogen) atoms. The third kappa shape index (κ3) is 6.64. The highest BCUT2D eigenvalue weighted by molar-refractivity contribution is 6.37. The first-order valence-corrected chi connectivity index (χ1v) is 9.96. The van der Waals surface area contributed by atoms with Crippen molar-refractivity contribution in [2.75, 3.05) is 18.5 Å². The number of carbonyl (C=O) groups excluding carboxylic acids is 1. The van der Waals surface area contributed by atoms with Crippen LogP contribution in [0.1, 0.15) is 49.9 Å². The molecule has 2 rings (SSSR count). The van der Waals surface area contributed by atoms with E-state index in [9.17, 15) is 4.79 Å². The quantitative estimate of drug-likeness (QED) is 0.449. The molecule has 0 fully saturated rings. The molecule has 0 bridgehead atoms. The molecule has 0 aromatic heterocycles. The zero-order valence-electron chi connectivity index (χ0n) is 15.7. The maximum absolute atomic E-state index is 12.5. The lowest BCUT2D eigenvalue weighted by Gasteiger charge is -2.12. The summed E-state index contributed by atoms with van der Waals surface area (Å²) in [6, 6.07) is 10.3. The minimum atomic E-state index is -0.294. The molecule has 0 atom stereocenters. The van der Waals surface area contributed by atoms with Crippen LogP contribution >= 0.6 is 23.2 Å². The summed E-state index contributed by atoms with van der Waals surface area (Å²) in [5, 5.41) is 3.47. The highest BCUT2D eigenvalue weighted by atomic mass is 35.5. The summed E-state index contributed by atoms with van der Waals surface area (Å²) in [6.07, 6.45) is 4.39. The summed E-state index contributed by atoms with van der Waals surface area (Å²) in [6.45, 7) is 5.22. The van der Waals surface area contributed by atoms with Gasteiger partial charge in [0.05, 0.1) is 23.3 Å².